The summed E-state index contributed by atoms with van der Waals surface area (Å²) in [5, 5.41) is 9.56. The van der Waals surface area contributed by atoms with Crippen LogP contribution < -0.4 is 5.73 Å². The first-order valence-electron chi connectivity index (χ1n) is 6.77. The van der Waals surface area contributed by atoms with Crippen LogP contribution in [0.3, 0.4) is 0 Å². The van der Waals surface area contributed by atoms with Crippen LogP contribution in [0.5, 0.6) is 0 Å². The Bertz CT molecular complexity index is 445. The second-order valence-electron chi connectivity index (χ2n) is 5.23. The van der Waals surface area contributed by atoms with Gasteiger partial charge in [0, 0.05) is 36.1 Å². The van der Waals surface area contributed by atoms with Gasteiger partial charge in [-0.3, -0.25) is 4.90 Å². The van der Waals surface area contributed by atoms with Gasteiger partial charge in [0.1, 0.15) is 0 Å². The lowest BCUT2D eigenvalue weighted by Crippen LogP contribution is -2.41. The molecule has 0 radical (unpaired) electrons. The van der Waals surface area contributed by atoms with Crippen LogP contribution >= 0.6 is 11.6 Å². The van der Waals surface area contributed by atoms with E-state index in [0.717, 1.165) is 11.6 Å². The first-order valence-corrected chi connectivity index (χ1v) is 7.15. The number of nitrogens with two attached hydrogens (primary N) is 1. The van der Waals surface area contributed by atoms with E-state index in [0.29, 0.717) is 12.5 Å². The zero-order chi connectivity index (χ0) is 13.8. The molecule has 1 saturated carbocycles. The van der Waals surface area contributed by atoms with Gasteiger partial charge in [-0.1, -0.05) is 23.7 Å². The van der Waals surface area contributed by atoms with Gasteiger partial charge < -0.3 is 5.73 Å². The van der Waals surface area contributed by atoms with Crippen LogP contribution in [0.25, 0.3) is 0 Å². The fourth-order valence-corrected chi connectivity index (χ4v) is 2.72. The van der Waals surface area contributed by atoms with E-state index in [1.807, 2.05) is 31.2 Å². The SMILES string of the molecule is CC(N)C(c1ccc(Cl)cc1)N(CCC#N)C1CC1. The van der Waals surface area contributed by atoms with Crippen LogP contribution in [-0.2, 0) is 0 Å². The Kier molecular flexibility index (Phi) is 4.81. The van der Waals surface area contributed by atoms with Crippen molar-refractivity contribution in [3.63, 3.8) is 0 Å². The largest absolute Gasteiger partial charge is 0.326 e. The lowest BCUT2D eigenvalue weighted by molar-refractivity contribution is 0.170. The molecule has 2 atom stereocenters. The van der Waals surface area contributed by atoms with E-state index in [2.05, 4.69) is 11.0 Å². The maximum atomic E-state index is 8.82. The van der Waals surface area contributed by atoms with Crippen molar-refractivity contribution in [1.82, 2.24) is 4.90 Å². The predicted molar refractivity (Wildman–Crippen MR) is 77.8 cm³/mol. The maximum absolute atomic E-state index is 8.82. The van der Waals surface area contributed by atoms with E-state index in [4.69, 9.17) is 22.6 Å². The van der Waals surface area contributed by atoms with E-state index in [1.165, 1.54) is 18.4 Å². The van der Waals surface area contributed by atoms with E-state index >= 15 is 0 Å². The van der Waals surface area contributed by atoms with Gasteiger partial charge in [0.05, 0.1) is 6.07 Å². The van der Waals surface area contributed by atoms with Crippen LogP contribution in [0, 0.1) is 11.3 Å². The first-order chi connectivity index (χ1) is 9.13. The Labute approximate surface area is 120 Å². The van der Waals surface area contributed by atoms with E-state index in [-0.39, 0.29) is 12.1 Å². The summed E-state index contributed by atoms with van der Waals surface area (Å²) in [5.74, 6) is 0. The third-order valence-electron chi connectivity index (χ3n) is 3.56. The van der Waals surface area contributed by atoms with Gasteiger partial charge in [0.2, 0.25) is 0 Å². The minimum Gasteiger partial charge on any atom is -0.326 e. The lowest BCUT2D eigenvalue weighted by Gasteiger charge is -2.34. The average molecular weight is 278 g/mol. The van der Waals surface area contributed by atoms with Crippen molar-refractivity contribution in [2.75, 3.05) is 6.54 Å². The van der Waals surface area contributed by atoms with E-state index < -0.39 is 0 Å². The van der Waals surface area contributed by atoms with Crippen molar-refractivity contribution in [3.05, 3.63) is 34.9 Å². The highest BCUT2D eigenvalue weighted by atomic mass is 35.5. The van der Waals surface area contributed by atoms with Crippen LogP contribution in [0.1, 0.15) is 37.8 Å². The molecule has 2 N–H and O–H groups in total. The summed E-state index contributed by atoms with van der Waals surface area (Å²) in [5.41, 5.74) is 7.37. The number of hydrogen-bond acceptors (Lipinski definition) is 3. The molecule has 2 unspecified atom stereocenters. The van der Waals surface area contributed by atoms with Gasteiger partial charge in [-0.15, -0.1) is 0 Å². The van der Waals surface area contributed by atoms with Gasteiger partial charge in [0.15, 0.2) is 0 Å². The molecular weight excluding hydrogens is 258 g/mol. The summed E-state index contributed by atoms with van der Waals surface area (Å²) >= 11 is 5.95. The molecular formula is C15H20ClN3. The van der Waals surface area contributed by atoms with Crippen molar-refractivity contribution in [3.8, 4) is 6.07 Å². The van der Waals surface area contributed by atoms with Gasteiger partial charge in [-0.05, 0) is 37.5 Å². The molecule has 0 bridgehead atoms. The third kappa shape index (κ3) is 3.70. The minimum atomic E-state index is 0.0282. The number of rotatable bonds is 6. The summed E-state index contributed by atoms with van der Waals surface area (Å²) in [6.45, 7) is 2.82. The average Bonchev–Trinajstić information content (AvgIpc) is 3.20. The molecule has 4 heteroatoms. The summed E-state index contributed by atoms with van der Waals surface area (Å²) in [6, 6.07) is 10.9. The van der Waals surface area contributed by atoms with E-state index in [1.54, 1.807) is 0 Å². The van der Waals surface area contributed by atoms with Gasteiger partial charge in [-0.2, -0.15) is 5.26 Å². The quantitative estimate of drug-likeness (QED) is 0.869. The van der Waals surface area contributed by atoms with Crippen molar-refractivity contribution in [2.45, 2.75) is 44.3 Å². The first kappa shape index (κ1) is 14.3. The standard InChI is InChI=1S/C15H20ClN3/c1-11(18)15(12-3-5-13(16)6-4-12)19(10-2-9-17)14-7-8-14/h3-6,11,14-15H,2,7-8,10,18H2,1H3. The normalized spacial score (nSPS) is 18.1. The monoisotopic (exact) mass is 277 g/mol. The lowest BCUT2D eigenvalue weighted by atomic mass is 9.98. The summed E-state index contributed by atoms with van der Waals surface area (Å²) < 4.78 is 0. The highest BCUT2D eigenvalue weighted by molar-refractivity contribution is 6.30. The summed E-state index contributed by atoms with van der Waals surface area (Å²) in [6.07, 6.45) is 2.97. The number of benzene rings is 1. The molecule has 1 aliphatic carbocycles. The molecule has 102 valence electrons. The van der Waals surface area contributed by atoms with Crippen LogP contribution in [0.4, 0.5) is 0 Å². The number of nitriles is 1. The second kappa shape index (κ2) is 6.38. The van der Waals surface area contributed by atoms with Crippen molar-refractivity contribution in [1.29, 1.82) is 5.26 Å². The molecule has 1 aromatic rings. The van der Waals surface area contributed by atoms with Crippen LogP contribution in [-0.4, -0.2) is 23.5 Å². The highest BCUT2D eigenvalue weighted by Crippen LogP contribution is 2.36. The zero-order valence-electron chi connectivity index (χ0n) is 11.2. The van der Waals surface area contributed by atoms with Crippen molar-refractivity contribution >= 4 is 11.6 Å². The second-order valence-corrected chi connectivity index (χ2v) is 5.67. The topological polar surface area (TPSA) is 53.0 Å². The Morgan fingerprint density at radius 2 is 2.05 bits per heavy atom. The molecule has 1 aliphatic rings. The van der Waals surface area contributed by atoms with Crippen molar-refractivity contribution in [2.24, 2.45) is 5.73 Å². The van der Waals surface area contributed by atoms with Gasteiger partial charge in [0.25, 0.3) is 0 Å². The number of nitrogens with zero attached hydrogens (tertiary/aromatic N) is 2. The van der Waals surface area contributed by atoms with E-state index in [9.17, 15) is 0 Å². The molecule has 0 heterocycles. The molecule has 1 fully saturated rings. The molecule has 19 heavy (non-hydrogen) atoms. The molecule has 0 aliphatic heterocycles. The molecule has 0 aromatic heterocycles. The van der Waals surface area contributed by atoms with Crippen LogP contribution in [0.2, 0.25) is 5.02 Å². The fourth-order valence-electron chi connectivity index (χ4n) is 2.59. The molecule has 2 rings (SSSR count). The maximum Gasteiger partial charge on any atom is 0.0635 e. The highest BCUT2D eigenvalue weighted by Gasteiger charge is 2.35. The molecule has 1 aromatic carbocycles. The Balaban J connectivity index is 2.22. The molecule has 0 amide bonds. The molecule has 3 nitrogen and oxygen atoms in total. The minimum absolute atomic E-state index is 0.0282. The van der Waals surface area contributed by atoms with Crippen LogP contribution in [0.15, 0.2) is 24.3 Å². The Hall–Kier alpha value is -1.08. The zero-order valence-corrected chi connectivity index (χ0v) is 12.0. The van der Waals surface area contributed by atoms with Gasteiger partial charge in [-0.25, -0.2) is 0 Å². The third-order valence-corrected chi connectivity index (χ3v) is 3.82. The number of hydrogen-bond donors (Lipinski definition) is 1. The summed E-state index contributed by atoms with van der Waals surface area (Å²) in [4.78, 5) is 2.39. The van der Waals surface area contributed by atoms with Crippen molar-refractivity contribution < 1.29 is 0 Å². The molecule has 0 spiro atoms. The molecule has 0 saturated heterocycles. The Morgan fingerprint density at radius 1 is 1.42 bits per heavy atom. The smallest absolute Gasteiger partial charge is 0.0635 e. The predicted octanol–water partition coefficient (Wildman–Crippen LogP) is 3.11. The summed E-state index contributed by atoms with van der Waals surface area (Å²) in [7, 11) is 0. The Morgan fingerprint density at radius 3 is 2.53 bits per heavy atom. The van der Waals surface area contributed by atoms with Gasteiger partial charge >= 0.3 is 0 Å². The number of halogens is 1. The fraction of sp³-hybridized carbons (Fsp3) is 0.533.